The number of anilines is 1. The number of nitrogens with zero attached hydrogens (tertiary/aromatic N) is 1. The molecule has 1 N–H and O–H groups in total. The molecule has 0 aliphatic rings. The Morgan fingerprint density at radius 3 is 2.30 bits per heavy atom. The Balaban J connectivity index is 1.88. The quantitative estimate of drug-likeness (QED) is 0.883. The molecule has 0 bridgehead atoms. The lowest BCUT2D eigenvalue weighted by Crippen LogP contribution is -2.23. The predicted octanol–water partition coefficient (Wildman–Crippen LogP) is 2.54. The Hall–Kier alpha value is -2.93. The molecule has 1 amide bonds. The van der Waals surface area contributed by atoms with Crippen LogP contribution in [0.2, 0.25) is 0 Å². The molecule has 2 aromatic rings. The van der Waals surface area contributed by atoms with Gasteiger partial charge in [0.05, 0.1) is 13.7 Å². The highest BCUT2D eigenvalue weighted by Crippen LogP contribution is 2.12. The average molecular weight is 308 g/mol. The van der Waals surface area contributed by atoms with E-state index in [2.05, 4.69) is 17.2 Å². The largest absolute Gasteiger partial charge is 0.497 e. The summed E-state index contributed by atoms with van der Waals surface area (Å²) >= 11 is 0. The fourth-order valence-electron chi connectivity index (χ4n) is 1.96. The number of carbonyl (C=O) groups is 1. The minimum atomic E-state index is -0.126. The van der Waals surface area contributed by atoms with Gasteiger partial charge in [0.2, 0.25) is 0 Å². The van der Waals surface area contributed by atoms with Gasteiger partial charge in [-0.25, -0.2) is 0 Å². The second kappa shape index (κ2) is 7.90. The number of ether oxygens (including phenoxy) is 1. The van der Waals surface area contributed by atoms with Gasteiger partial charge < -0.3 is 15.0 Å². The van der Waals surface area contributed by atoms with Crippen molar-refractivity contribution in [2.45, 2.75) is 0 Å². The maximum Gasteiger partial charge on any atom is 0.252 e. The molecule has 0 saturated heterocycles. The maximum absolute atomic E-state index is 12.0. The molecule has 0 aliphatic heterocycles. The molecule has 0 atom stereocenters. The van der Waals surface area contributed by atoms with Crippen LogP contribution in [0.3, 0.4) is 0 Å². The third-order valence-electron chi connectivity index (χ3n) is 3.31. The Morgan fingerprint density at radius 1 is 1.09 bits per heavy atom. The van der Waals surface area contributed by atoms with Gasteiger partial charge in [-0.2, -0.15) is 0 Å². The molecule has 2 rings (SSSR count). The first-order valence-electron chi connectivity index (χ1n) is 7.28. The van der Waals surface area contributed by atoms with E-state index in [1.54, 1.807) is 7.11 Å². The Kier molecular flexibility index (Phi) is 5.65. The number of benzene rings is 2. The van der Waals surface area contributed by atoms with Crippen molar-refractivity contribution in [3.63, 3.8) is 0 Å². The summed E-state index contributed by atoms with van der Waals surface area (Å²) in [5, 5.41) is 2.79. The summed E-state index contributed by atoms with van der Waals surface area (Å²) in [6.07, 6.45) is 0. The number of hydrogen-bond donors (Lipinski definition) is 1. The monoisotopic (exact) mass is 308 g/mol. The number of amides is 1. The van der Waals surface area contributed by atoms with Crippen molar-refractivity contribution in [1.82, 2.24) is 5.32 Å². The van der Waals surface area contributed by atoms with Gasteiger partial charge in [-0.1, -0.05) is 11.8 Å². The molecule has 0 fully saturated rings. The summed E-state index contributed by atoms with van der Waals surface area (Å²) in [6.45, 7) is 0.306. The molecular formula is C19H20N2O2. The highest BCUT2D eigenvalue weighted by atomic mass is 16.5. The second-order valence-electron chi connectivity index (χ2n) is 5.15. The third kappa shape index (κ3) is 4.79. The van der Waals surface area contributed by atoms with Gasteiger partial charge in [-0.15, -0.1) is 0 Å². The summed E-state index contributed by atoms with van der Waals surface area (Å²) < 4.78 is 5.09. The summed E-state index contributed by atoms with van der Waals surface area (Å²) in [5.41, 5.74) is 2.57. The molecule has 2 aromatic carbocycles. The van der Waals surface area contributed by atoms with Crippen LogP contribution in [0.4, 0.5) is 5.69 Å². The molecular weight excluding hydrogens is 288 g/mol. The SMILES string of the molecule is COc1ccc(C#CCNC(=O)c2ccc(N(C)C)cc2)cc1. The van der Waals surface area contributed by atoms with Gasteiger partial charge in [-0.05, 0) is 48.5 Å². The standard InChI is InChI=1S/C19H20N2O2/c1-21(2)17-10-8-16(9-11-17)19(22)20-14-4-5-15-6-12-18(23-3)13-7-15/h6-13H,14H2,1-3H3,(H,20,22). The predicted molar refractivity (Wildman–Crippen MR) is 93.0 cm³/mol. The van der Waals surface area contributed by atoms with Crippen molar-refractivity contribution in [2.75, 3.05) is 32.6 Å². The number of methoxy groups -OCH3 is 1. The highest BCUT2D eigenvalue weighted by molar-refractivity contribution is 5.94. The zero-order valence-corrected chi connectivity index (χ0v) is 13.6. The molecule has 0 unspecified atom stereocenters. The number of rotatable bonds is 4. The molecule has 118 valence electrons. The van der Waals surface area contributed by atoms with E-state index < -0.39 is 0 Å². The zero-order chi connectivity index (χ0) is 16.7. The van der Waals surface area contributed by atoms with E-state index >= 15 is 0 Å². The number of nitrogens with one attached hydrogen (secondary N) is 1. The van der Waals surface area contributed by atoms with E-state index in [9.17, 15) is 4.79 Å². The van der Waals surface area contributed by atoms with E-state index in [4.69, 9.17) is 4.74 Å². The van der Waals surface area contributed by atoms with E-state index in [-0.39, 0.29) is 5.91 Å². The van der Waals surface area contributed by atoms with E-state index in [1.165, 1.54) is 0 Å². The first-order valence-corrected chi connectivity index (χ1v) is 7.28. The van der Waals surface area contributed by atoms with Crippen LogP contribution >= 0.6 is 0 Å². The van der Waals surface area contributed by atoms with Gasteiger partial charge in [-0.3, -0.25) is 4.79 Å². The van der Waals surface area contributed by atoms with Crippen LogP contribution in [-0.4, -0.2) is 33.7 Å². The van der Waals surface area contributed by atoms with Crippen LogP contribution in [0, 0.1) is 11.8 Å². The minimum Gasteiger partial charge on any atom is -0.497 e. The lowest BCUT2D eigenvalue weighted by molar-refractivity contribution is 0.0958. The molecule has 0 saturated carbocycles. The highest BCUT2D eigenvalue weighted by Gasteiger charge is 2.04. The zero-order valence-electron chi connectivity index (χ0n) is 13.6. The van der Waals surface area contributed by atoms with Crippen LogP contribution in [-0.2, 0) is 0 Å². The molecule has 0 aromatic heterocycles. The Labute approximate surface area is 137 Å². The number of hydrogen-bond acceptors (Lipinski definition) is 3. The van der Waals surface area contributed by atoms with Crippen molar-refractivity contribution in [1.29, 1.82) is 0 Å². The normalized spacial score (nSPS) is 9.52. The molecule has 4 nitrogen and oxygen atoms in total. The molecule has 0 aliphatic carbocycles. The summed E-state index contributed by atoms with van der Waals surface area (Å²) in [4.78, 5) is 14.0. The smallest absolute Gasteiger partial charge is 0.252 e. The topological polar surface area (TPSA) is 41.6 Å². The molecule has 4 heteroatoms. The van der Waals surface area contributed by atoms with Gasteiger partial charge in [0.15, 0.2) is 0 Å². The molecule has 0 spiro atoms. The maximum atomic E-state index is 12.0. The Morgan fingerprint density at radius 2 is 1.74 bits per heavy atom. The lowest BCUT2D eigenvalue weighted by atomic mass is 10.2. The van der Waals surface area contributed by atoms with Crippen molar-refractivity contribution in [3.05, 3.63) is 59.7 Å². The van der Waals surface area contributed by atoms with Crippen molar-refractivity contribution < 1.29 is 9.53 Å². The summed E-state index contributed by atoms with van der Waals surface area (Å²) in [7, 11) is 5.55. The Bertz CT molecular complexity index is 708. The van der Waals surface area contributed by atoms with Gasteiger partial charge in [0.25, 0.3) is 5.91 Å². The summed E-state index contributed by atoms with van der Waals surface area (Å²) in [6, 6.07) is 14.9. The van der Waals surface area contributed by atoms with Gasteiger partial charge >= 0.3 is 0 Å². The molecule has 23 heavy (non-hydrogen) atoms. The van der Waals surface area contributed by atoms with E-state index in [0.29, 0.717) is 12.1 Å². The lowest BCUT2D eigenvalue weighted by Gasteiger charge is -2.12. The van der Waals surface area contributed by atoms with Crippen LogP contribution in [0.15, 0.2) is 48.5 Å². The van der Waals surface area contributed by atoms with Crippen molar-refractivity contribution >= 4 is 11.6 Å². The van der Waals surface area contributed by atoms with Gasteiger partial charge in [0, 0.05) is 30.9 Å². The molecule has 0 heterocycles. The van der Waals surface area contributed by atoms with Crippen molar-refractivity contribution in [3.8, 4) is 17.6 Å². The minimum absolute atomic E-state index is 0.126. The second-order valence-corrected chi connectivity index (χ2v) is 5.15. The number of carbonyl (C=O) groups excluding carboxylic acids is 1. The van der Waals surface area contributed by atoms with Crippen LogP contribution in [0.1, 0.15) is 15.9 Å². The van der Waals surface area contributed by atoms with Crippen LogP contribution in [0.25, 0.3) is 0 Å². The molecule has 0 radical (unpaired) electrons. The fourth-order valence-corrected chi connectivity index (χ4v) is 1.96. The van der Waals surface area contributed by atoms with Gasteiger partial charge in [0.1, 0.15) is 5.75 Å². The first kappa shape index (κ1) is 16.4. The third-order valence-corrected chi connectivity index (χ3v) is 3.31. The van der Waals surface area contributed by atoms with E-state index in [1.807, 2.05) is 67.5 Å². The van der Waals surface area contributed by atoms with Crippen molar-refractivity contribution in [2.24, 2.45) is 0 Å². The average Bonchev–Trinajstić information content (AvgIpc) is 2.59. The van der Waals surface area contributed by atoms with Crippen LogP contribution < -0.4 is 15.0 Å². The van der Waals surface area contributed by atoms with Crippen LogP contribution in [0.5, 0.6) is 5.75 Å². The fraction of sp³-hybridized carbons (Fsp3) is 0.211. The summed E-state index contributed by atoms with van der Waals surface area (Å²) in [5.74, 6) is 6.61. The first-order chi connectivity index (χ1) is 11.1. The van der Waals surface area contributed by atoms with E-state index in [0.717, 1.165) is 17.0 Å².